The van der Waals surface area contributed by atoms with Crippen molar-refractivity contribution < 1.29 is 9.53 Å². The number of allylic oxidation sites excluding steroid dienone is 1. The van der Waals surface area contributed by atoms with Crippen LogP contribution in [0.5, 0.6) is 0 Å². The second kappa shape index (κ2) is 5.49. The average molecular weight is 324 g/mol. The van der Waals surface area contributed by atoms with Crippen LogP contribution in [0.25, 0.3) is 0 Å². The number of esters is 1. The van der Waals surface area contributed by atoms with E-state index >= 15 is 0 Å². The molecule has 2 bridgehead atoms. The molecule has 1 saturated heterocycles. The molecule has 2 fully saturated rings. The molecule has 126 valence electrons. The number of para-hydroxylation sites is 1. The largest absolute Gasteiger partial charge is 0.469 e. The first-order valence-corrected chi connectivity index (χ1v) is 8.62. The topological polar surface area (TPSA) is 50.4 Å². The van der Waals surface area contributed by atoms with Crippen molar-refractivity contribution in [2.24, 2.45) is 5.92 Å². The minimum absolute atomic E-state index is 0.135. The Morgan fingerprint density at radius 2 is 2.25 bits per heavy atom. The Morgan fingerprint density at radius 1 is 1.46 bits per heavy atom. The minimum Gasteiger partial charge on any atom is -0.469 e. The van der Waals surface area contributed by atoms with Gasteiger partial charge in [0.15, 0.2) is 0 Å². The van der Waals surface area contributed by atoms with Gasteiger partial charge in [0.2, 0.25) is 0 Å². The van der Waals surface area contributed by atoms with Gasteiger partial charge in [0, 0.05) is 24.2 Å². The van der Waals surface area contributed by atoms with Crippen LogP contribution in [0.3, 0.4) is 0 Å². The Balaban J connectivity index is 1.89. The highest BCUT2D eigenvalue weighted by molar-refractivity contribution is 5.78. The van der Waals surface area contributed by atoms with Crippen molar-refractivity contribution in [1.82, 2.24) is 5.32 Å². The maximum atomic E-state index is 12.3. The number of carbonyl (C=O) groups excluding carboxylic acids is 1. The molecule has 1 saturated carbocycles. The highest BCUT2D eigenvalue weighted by Crippen LogP contribution is 2.57. The Labute approximate surface area is 143 Å². The van der Waals surface area contributed by atoms with E-state index in [9.17, 15) is 4.79 Å². The zero-order chi connectivity index (χ0) is 16.9. The summed E-state index contributed by atoms with van der Waals surface area (Å²) in [4.78, 5) is 12.3. The Kier molecular flexibility index (Phi) is 3.53. The van der Waals surface area contributed by atoms with E-state index in [1.165, 1.54) is 18.2 Å². The van der Waals surface area contributed by atoms with E-state index in [2.05, 4.69) is 42.3 Å². The number of hydrogen-bond donors (Lipinski definition) is 2. The molecule has 4 heteroatoms. The molecule has 0 unspecified atom stereocenters. The molecule has 0 radical (unpaired) electrons. The smallest absolute Gasteiger partial charge is 0.306 e. The van der Waals surface area contributed by atoms with Crippen molar-refractivity contribution in [2.45, 2.75) is 37.3 Å². The number of hydrogen-bond acceptors (Lipinski definition) is 4. The third-order valence-corrected chi connectivity index (χ3v) is 6.17. The molecule has 1 aromatic carbocycles. The molecule has 2 aliphatic heterocycles. The maximum absolute atomic E-state index is 12.3. The first-order chi connectivity index (χ1) is 11.6. The highest BCUT2D eigenvalue weighted by Gasteiger charge is 2.58. The number of anilines is 1. The lowest BCUT2D eigenvalue weighted by molar-refractivity contribution is -0.142. The normalized spacial score (nSPS) is 35.2. The van der Waals surface area contributed by atoms with Crippen LogP contribution in [0.4, 0.5) is 5.69 Å². The van der Waals surface area contributed by atoms with E-state index in [1.807, 2.05) is 12.1 Å². The van der Waals surface area contributed by atoms with Gasteiger partial charge in [-0.15, -0.1) is 0 Å². The first kappa shape index (κ1) is 15.5. The van der Waals surface area contributed by atoms with E-state index in [0.29, 0.717) is 18.4 Å². The monoisotopic (exact) mass is 324 g/mol. The average Bonchev–Trinajstić information content (AvgIpc) is 2.95. The zero-order valence-electron chi connectivity index (χ0n) is 14.3. The number of fused-ring (bicyclic) bond motifs is 6. The van der Waals surface area contributed by atoms with Crippen molar-refractivity contribution in [3.05, 3.63) is 53.6 Å². The lowest BCUT2D eigenvalue weighted by atomic mass is 9.56. The third kappa shape index (κ3) is 1.92. The summed E-state index contributed by atoms with van der Waals surface area (Å²) in [5.74, 6) is 0.150. The summed E-state index contributed by atoms with van der Waals surface area (Å²) in [5.41, 5.74) is 4.42. The molecule has 4 rings (SSSR count). The summed E-state index contributed by atoms with van der Waals surface area (Å²) in [7, 11) is 1.46. The number of methoxy groups -OCH3 is 1. The van der Waals surface area contributed by atoms with Gasteiger partial charge in [-0.1, -0.05) is 42.0 Å². The van der Waals surface area contributed by atoms with Crippen molar-refractivity contribution in [2.75, 3.05) is 19.0 Å². The standard InChI is InChI=1S/C20H24N2O2/c1-4-13-11-21-17-9-14(13)12(2)20(10-18(23)24-3)15-7-5-6-8-16(15)22-19(17)20/h4-8,14,17,19,21-22H,2,9-11H2,1,3H3/b13-4-/t14-,17+,19-,20-/m1/s1. The molecule has 0 spiro atoms. The summed E-state index contributed by atoms with van der Waals surface area (Å²) < 4.78 is 5.05. The molecular weight excluding hydrogens is 300 g/mol. The van der Waals surface area contributed by atoms with Gasteiger partial charge >= 0.3 is 5.97 Å². The number of nitrogens with one attached hydrogen (secondary N) is 2. The minimum atomic E-state index is -0.404. The van der Waals surface area contributed by atoms with E-state index in [0.717, 1.165) is 24.2 Å². The van der Waals surface area contributed by atoms with Gasteiger partial charge in [-0.25, -0.2) is 0 Å². The fourth-order valence-corrected chi connectivity index (χ4v) is 4.99. The van der Waals surface area contributed by atoms with Crippen LogP contribution in [0.15, 0.2) is 48.1 Å². The predicted octanol–water partition coefficient (Wildman–Crippen LogP) is 2.78. The van der Waals surface area contributed by atoms with Gasteiger partial charge in [-0.2, -0.15) is 0 Å². The second-order valence-electron chi connectivity index (χ2n) is 7.06. The third-order valence-electron chi connectivity index (χ3n) is 6.17. The van der Waals surface area contributed by atoms with Crippen LogP contribution in [0, 0.1) is 5.92 Å². The SMILES string of the molecule is C=C1[C@H]2C[C@H](NC/C2=C/C)[C@H]2Nc3ccccc3[C@@]12CC(=O)OC. The van der Waals surface area contributed by atoms with Gasteiger partial charge < -0.3 is 15.4 Å². The van der Waals surface area contributed by atoms with Crippen LogP contribution in [0.2, 0.25) is 0 Å². The number of benzene rings is 1. The van der Waals surface area contributed by atoms with Crippen LogP contribution in [0.1, 0.15) is 25.3 Å². The Bertz CT molecular complexity index is 739. The lowest BCUT2D eigenvalue weighted by Gasteiger charge is -2.52. The van der Waals surface area contributed by atoms with Gasteiger partial charge in [-0.05, 0) is 25.0 Å². The quantitative estimate of drug-likeness (QED) is 0.649. The summed E-state index contributed by atoms with van der Waals surface area (Å²) in [5, 5.41) is 7.35. The second-order valence-corrected chi connectivity index (χ2v) is 7.06. The molecule has 2 heterocycles. The molecule has 4 nitrogen and oxygen atoms in total. The van der Waals surface area contributed by atoms with Crippen molar-refractivity contribution in [1.29, 1.82) is 0 Å². The van der Waals surface area contributed by atoms with E-state index in [-0.39, 0.29) is 12.0 Å². The van der Waals surface area contributed by atoms with E-state index in [1.54, 1.807) is 0 Å². The molecule has 4 atom stereocenters. The van der Waals surface area contributed by atoms with Crippen LogP contribution < -0.4 is 10.6 Å². The summed E-state index contributed by atoms with van der Waals surface area (Å²) >= 11 is 0. The van der Waals surface area contributed by atoms with Crippen molar-refractivity contribution in [3.8, 4) is 0 Å². The van der Waals surface area contributed by atoms with Crippen molar-refractivity contribution >= 4 is 11.7 Å². The molecule has 3 aliphatic rings. The summed E-state index contributed by atoms with van der Waals surface area (Å²) in [6.07, 6.45) is 3.56. The number of ether oxygens (including phenoxy) is 1. The molecule has 1 aromatic rings. The van der Waals surface area contributed by atoms with E-state index < -0.39 is 5.41 Å². The fraction of sp³-hybridized carbons (Fsp3) is 0.450. The van der Waals surface area contributed by atoms with Gasteiger partial charge in [0.25, 0.3) is 0 Å². The van der Waals surface area contributed by atoms with Gasteiger partial charge in [-0.3, -0.25) is 4.79 Å². The number of piperidine rings is 1. The van der Waals surface area contributed by atoms with Crippen molar-refractivity contribution in [3.63, 3.8) is 0 Å². The fourth-order valence-electron chi connectivity index (χ4n) is 4.99. The Hall–Kier alpha value is -2.07. The molecule has 2 N–H and O–H groups in total. The number of carbonyl (C=O) groups is 1. The molecular formula is C20H24N2O2. The van der Waals surface area contributed by atoms with Gasteiger partial charge in [0.1, 0.15) is 0 Å². The van der Waals surface area contributed by atoms with Crippen LogP contribution in [-0.4, -0.2) is 31.7 Å². The maximum Gasteiger partial charge on any atom is 0.306 e. The lowest BCUT2D eigenvalue weighted by Crippen LogP contribution is -2.62. The first-order valence-electron chi connectivity index (χ1n) is 8.62. The zero-order valence-corrected chi connectivity index (χ0v) is 14.3. The molecule has 24 heavy (non-hydrogen) atoms. The Morgan fingerprint density at radius 3 is 3.00 bits per heavy atom. The summed E-state index contributed by atoms with van der Waals surface area (Å²) in [6, 6.07) is 8.77. The molecule has 0 aromatic heterocycles. The van der Waals surface area contributed by atoms with Gasteiger partial charge in [0.05, 0.1) is 25.0 Å². The molecule has 1 aliphatic carbocycles. The van der Waals surface area contributed by atoms with Crippen LogP contribution in [-0.2, 0) is 14.9 Å². The highest BCUT2D eigenvalue weighted by atomic mass is 16.5. The summed E-state index contributed by atoms with van der Waals surface area (Å²) in [6.45, 7) is 7.50. The van der Waals surface area contributed by atoms with E-state index in [4.69, 9.17) is 4.74 Å². The number of rotatable bonds is 2. The van der Waals surface area contributed by atoms with Crippen LogP contribution >= 0.6 is 0 Å². The predicted molar refractivity (Wildman–Crippen MR) is 95.0 cm³/mol. The molecule has 0 amide bonds.